The lowest BCUT2D eigenvalue weighted by Gasteiger charge is -2.33. The number of imidazole rings is 2. The molecule has 1 saturated heterocycles. The monoisotopic (exact) mass is 884 g/mol. The summed E-state index contributed by atoms with van der Waals surface area (Å²) in [5.74, 6) is 1.44. The molecule has 4 amide bonds. The fourth-order valence-corrected chi connectivity index (χ4v) is 9.05. The summed E-state index contributed by atoms with van der Waals surface area (Å²) in [7, 11) is 4.19. The standard InChI is InChI=1S/C49H56N8O8/c1-27(2)41(54-48(60)63-6)46(58)56-19-11-14-39(56)45-51-37-18-16-31-21-36-34-17-15-32(20-33(34)26-65-40(36)22-35(31)43(37)53-45)38-23-50-44(52-38)29(4)57(24-28(3)25-62-5)47(59)42(55-49(61)64-7)30-12-9-8-10-13-30/h8-10,12-13,15-18,20-23,27-29,39,41-42H,11,14,19,24-26H2,1-7H3,(H,50,52)(H,51,53)(H,54,60)(H,55,61). The van der Waals surface area contributed by atoms with E-state index in [0.717, 1.165) is 68.3 Å². The number of fused-ring (bicyclic) bond motifs is 6. The van der Waals surface area contributed by atoms with Gasteiger partial charge in [0.25, 0.3) is 5.91 Å². The fourth-order valence-electron chi connectivity index (χ4n) is 9.05. The maximum atomic E-state index is 14.4. The highest BCUT2D eigenvalue weighted by molar-refractivity contribution is 6.07. The summed E-state index contributed by atoms with van der Waals surface area (Å²) in [4.78, 5) is 73.2. The first-order chi connectivity index (χ1) is 31.4. The van der Waals surface area contributed by atoms with E-state index in [9.17, 15) is 19.2 Å². The number of H-pyrrole nitrogens is 2. The van der Waals surface area contributed by atoms with Crippen molar-refractivity contribution in [1.29, 1.82) is 0 Å². The van der Waals surface area contributed by atoms with E-state index in [1.54, 1.807) is 30.3 Å². The molecule has 0 bridgehead atoms. The maximum absolute atomic E-state index is 14.4. The number of carbonyl (C=O) groups is 4. The summed E-state index contributed by atoms with van der Waals surface area (Å²) < 4.78 is 21.6. The Bertz CT molecular complexity index is 2710. The number of hydrogen-bond donors (Lipinski definition) is 4. The van der Waals surface area contributed by atoms with Crippen molar-refractivity contribution in [3.05, 3.63) is 102 Å². The van der Waals surface area contributed by atoms with Crippen LogP contribution in [0.1, 0.15) is 81.4 Å². The van der Waals surface area contributed by atoms with Crippen LogP contribution in [0.15, 0.2) is 79.0 Å². The van der Waals surface area contributed by atoms with Crippen LogP contribution in [0, 0.1) is 11.8 Å². The normalized spacial score (nSPS) is 16.2. The number of aromatic nitrogens is 4. The van der Waals surface area contributed by atoms with Gasteiger partial charge in [0.05, 0.1) is 55.8 Å². The third kappa shape index (κ3) is 9.08. The molecule has 2 aliphatic rings. The zero-order valence-electron chi connectivity index (χ0n) is 37.8. The molecule has 0 aliphatic carbocycles. The van der Waals surface area contributed by atoms with Gasteiger partial charge in [0.1, 0.15) is 36.1 Å². The predicted octanol–water partition coefficient (Wildman–Crippen LogP) is 7.98. The summed E-state index contributed by atoms with van der Waals surface area (Å²) in [6.45, 7) is 9.43. The van der Waals surface area contributed by atoms with Crippen molar-refractivity contribution in [3.8, 4) is 28.1 Å². The first-order valence-electron chi connectivity index (χ1n) is 22.0. The first kappa shape index (κ1) is 44.7. The van der Waals surface area contributed by atoms with Crippen LogP contribution in [0.4, 0.5) is 9.59 Å². The second-order valence-electron chi connectivity index (χ2n) is 17.2. The molecule has 16 nitrogen and oxygen atoms in total. The van der Waals surface area contributed by atoms with Crippen molar-refractivity contribution >= 4 is 45.8 Å². The number of ether oxygens (including phenoxy) is 4. The largest absolute Gasteiger partial charge is 0.488 e. The maximum Gasteiger partial charge on any atom is 0.407 e. The fraction of sp³-hybridized carbons (Fsp3) is 0.388. The van der Waals surface area contributed by atoms with Gasteiger partial charge in [-0.3, -0.25) is 9.59 Å². The Balaban J connectivity index is 1.04. The van der Waals surface area contributed by atoms with Crippen molar-refractivity contribution in [2.75, 3.05) is 41.0 Å². The molecule has 1 fully saturated rings. The molecule has 5 unspecified atom stereocenters. The number of aromatic amines is 2. The molecule has 4 aromatic carbocycles. The SMILES string of the molecule is COCC(C)CN(C(=O)C(NC(=O)OC)c1ccccc1)C(C)c1ncc(-c2ccc3c(c2)COc2cc4c(ccc5[nH]c(C6CCCN6C(=O)C(NC(=O)OC)C(C)C)nc54)cc2-3)[nH]1. The van der Waals surface area contributed by atoms with E-state index in [0.29, 0.717) is 43.5 Å². The lowest BCUT2D eigenvalue weighted by molar-refractivity contribution is -0.137. The number of amides is 4. The van der Waals surface area contributed by atoms with E-state index in [-0.39, 0.29) is 29.7 Å². The van der Waals surface area contributed by atoms with Crippen molar-refractivity contribution in [2.24, 2.45) is 11.8 Å². The molecule has 65 heavy (non-hydrogen) atoms. The summed E-state index contributed by atoms with van der Waals surface area (Å²) >= 11 is 0. The third-order valence-corrected chi connectivity index (χ3v) is 12.4. The van der Waals surface area contributed by atoms with Gasteiger partial charge in [0.2, 0.25) is 5.91 Å². The highest BCUT2D eigenvalue weighted by atomic mass is 16.5. The zero-order chi connectivity index (χ0) is 45.9. The summed E-state index contributed by atoms with van der Waals surface area (Å²) in [6.07, 6.45) is 1.99. The van der Waals surface area contributed by atoms with Gasteiger partial charge >= 0.3 is 12.2 Å². The second-order valence-corrected chi connectivity index (χ2v) is 17.2. The summed E-state index contributed by atoms with van der Waals surface area (Å²) in [6, 6.07) is 21.2. The minimum atomic E-state index is -0.985. The molecule has 8 rings (SSSR count). The van der Waals surface area contributed by atoms with E-state index in [1.165, 1.54) is 14.2 Å². The molecule has 340 valence electrons. The van der Waals surface area contributed by atoms with E-state index in [2.05, 4.69) is 50.9 Å². The average molecular weight is 885 g/mol. The third-order valence-electron chi connectivity index (χ3n) is 12.4. The van der Waals surface area contributed by atoms with Crippen LogP contribution in [0.5, 0.6) is 5.75 Å². The lowest BCUT2D eigenvalue weighted by atomic mass is 9.92. The Hall–Kier alpha value is -6.94. The molecule has 4 heterocycles. The van der Waals surface area contributed by atoms with Gasteiger partial charge in [-0.25, -0.2) is 19.6 Å². The van der Waals surface area contributed by atoms with Crippen LogP contribution < -0.4 is 15.4 Å². The topological polar surface area (TPSA) is 193 Å². The van der Waals surface area contributed by atoms with Gasteiger partial charge in [0.15, 0.2) is 0 Å². The predicted molar refractivity (Wildman–Crippen MR) is 245 cm³/mol. The Kier molecular flexibility index (Phi) is 13.1. The number of nitrogens with zero attached hydrogens (tertiary/aromatic N) is 4. The number of nitrogens with one attached hydrogen (secondary N) is 4. The molecule has 0 radical (unpaired) electrons. The molecule has 2 aromatic heterocycles. The number of benzene rings is 4. The molecule has 16 heteroatoms. The van der Waals surface area contributed by atoms with E-state index in [1.807, 2.05) is 62.9 Å². The molecular formula is C49H56N8O8. The minimum absolute atomic E-state index is 0.0131. The first-order valence-corrected chi connectivity index (χ1v) is 22.0. The zero-order valence-corrected chi connectivity index (χ0v) is 37.8. The Morgan fingerprint density at radius 3 is 2.42 bits per heavy atom. The Morgan fingerprint density at radius 2 is 1.68 bits per heavy atom. The van der Waals surface area contributed by atoms with Crippen LogP contribution in [-0.4, -0.2) is 101 Å². The van der Waals surface area contributed by atoms with E-state index < -0.39 is 30.3 Å². The van der Waals surface area contributed by atoms with Crippen LogP contribution >= 0.6 is 0 Å². The number of alkyl carbamates (subject to hydrolysis) is 2. The van der Waals surface area contributed by atoms with Gasteiger partial charge < -0.3 is 49.3 Å². The van der Waals surface area contributed by atoms with Crippen LogP contribution in [0.25, 0.3) is 44.2 Å². The number of hydrogen-bond acceptors (Lipinski definition) is 10. The number of carbonyl (C=O) groups excluding carboxylic acids is 4. The summed E-state index contributed by atoms with van der Waals surface area (Å²) in [5, 5.41) is 7.38. The van der Waals surface area contributed by atoms with Crippen molar-refractivity contribution in [1.82, 2.24) is 40.4 Å². The molecular weight excluding hydrogens is 829 g/mol. The minimum Gasteiger partial charge on any atom is -0.488 e. The highest BCUT2D eigenvalue weighted by Crippen LogP contribution is 2.43. The number of methoxy groups -OCH3 is 3. The van der Waals surface area contributed by atoms with Crippen molar-refractivity contribution in [3.63, 3.8) is 0 Å². The smallest absolute Gasteiger partial charge is 0.407 e. The highest BCUT2D eigenvalue weighted by Gasteiger charge is 2.38. The van der Waals surface area contributed by atoms with E-state index >= 15 is 0 Å². The molecule has 0 saturated carbocycles. The molecule has 0 spiro atoms. The van der Waals surface area contributed by atoms with Gasteiger partial charge in [-0.1, -0.05) is 69.3 Å². The summed E-state index contributed by atoms with van der Waals surface area (Å²) in [5.41, 5.74) is 7.02. The molecule has 6 aromatic rings. The number of rotatable bonds is 14. The lowest BCUT2D eigenvalue weighted by Crippen LogP contribution is -2.51. The average Bonchev–Trinajstić information content (AvgIpc) is 4.11. The van der Waals surface area contributed by atoms with Gasteiger partial charge in [-0.2, -0.15) is 0 Å². The van der Waals surface area contributed by atoms with Gasteiger partial charge in [0, 0.05) is 31.1 Å². The van der Waals surface area contributed by atoms with E-state index in [4.69, 9.17) is 28.9 Å². The molecule has 5 atom stereocenters. The van der Waals surface area contributed by atoms with Crippen molar-refractivity contribution in [2.45, 2.75) is 71.3 Å². The second kappa shape index (κ2) is 19.0. The van der Waals surface area contributed by atoms with Crippen LogP contribution in [0.2, 0.25) is 0 Å². The Labute approximate surface area is 377 Å². The van der Waals surface area contributed by atoms with Crippen LogP contribution in [0.3, 0.4) is 0 Å². The van der Waals surface area contributed by atoms with Crippen LogP contribution in [-0.2, 0) is 30.4 Å². The van der Waals surface area contributed by atoms with Gasteiger partial charge in [-0.05, 0) is 83.5 Å². The molecule has 2 aliphatic heterocycles. The van der Waals surface area contributed by atoms with Crippen molar-refractivity contribution < 1.29 is 38.1 Å². The molecule has 4 N–H and O–H groups in total. The Morgan fingerprint density at radius 1 is 0.908 bits per heavy atom. The number of likely N-dealkylation sites (tertiary alicyclic amines) is 1. The quantitative estimate of drug-likeness (QED) is 0.0834. The van der Waals surface area contributed by atoms with Gasteiger partial charge in [-0.15, -0.1) is 0 Å².